The van der Waals surface area contributed by atoms with E-state index < -0.39 is 0 Å². The van der Waals surface area contributed by atoms with Gasteiger partial charge in [-0.25, -0.2) is 0 Å². The lowest BCUT2D eigenvalue weighted by atomic mass is 10.1. The normalized spacial score (nSPS) is 16.9. The number of halogens is 1. The maximum atomic E-state index is 2.55. The van der Waals surface area contributed by atoms with Gasteiger partial charge >= 0.3 is 0 Å². The van der Waals surface area contributed by atoms with Crippen molar-refractivity contribution in [3.63, 3.8) is 0 Å². The lowest BCUT2D eigenvalue weighted by molar-refractivity contribution is 0.251. The zero-order valence-corrected chi connectivity index (χ0v) is 11.2. The Kier molecular flexibility index (Phi) is 6.99. The number of hydrogen-bond donors (Lipinski definition) is 0. The third-order valence-electron chi connectivity index (χ3n) is 3.18. The number of allylic oxidation sites excluding steroid dienone is 1. The van der Waals surface area contributed by atoms with Crippen LogP contribution in [0.4, 0.5) is 0 Å². The molecule has 0 N–H and O–H groups in total. The molecule has 1 aromatic carbocycles. The lowest BCUT2D eigenvalue weighted by Crippen LogP contribution is -2.29. The number of piperidine rings is 1. The molecule has 1 fully saturated rings. The van der Waals surface area contributed by atoms with E-state index in [1.165, 1.54) is 37.9 Å². The van der Waals surface area contributed by atoms with E-state index in [4.69, 9.17) is 0 Å². The average molecular weight is 252 g/mol. The third kappa shape index (κ3) is 5.38. The van der Waals surface area contributed by atoms with Crippen molar-refractivity contribution in [1.82, 2.24) is 4.90 Å². The fourth-order valence-electron chi connectivity index (χ4n) is 2.20. The summed E-state index contributed by atoms with van der Waals surface area (Å²) >= 11 is 0. The van der Waals surface area contributed by atoms with Crippen molar-refractivity contribution in [3.8, 4) is 0 Å². The molecule has 0 saturated carbocycles. The van der Waals surface area contributed by atoms with Gasteiger partial charge in [0.15, 0.2) is 0 Å². The summed E-state index contributed by atoms with van der Waals surface area (Å²) in [4.78, 5) is 2.55. The SMILES string of the molecule is C(=C\CN1CCCCC1)/Cc1ccccc1.Cl. The van der Waals surface area contributed by atoms with Crippen LogP contribution in [-0.2, 0) is 6.42 Å². The molecule has 0 unspecified atom stereocenters. The zero-order valence-electron chi connectivity index (χ0n) is 10.3. The van der Waals surface area contributed by atoms with Gasteiger partial charge < -0.3 is 0 Å². The zero-order chi connectivity index (χ0) is 11.1. The van der Waals surface area contributed by atoms with E-state index in [0.29, 0.717) is 0 Å². The molecule has 1 aliphatic heterocycles. The van der Waals surface area contributed by atoms with Crippen LogP contribution in [0.5, 0.6) is 0 Å². The number of hydrogen-bond acceptors (Lipinski definition) is 1. The molecule has 0 aliphatic carbocycles. The summed E-state index contributed by atoms with van der Waals surface area (Å²) < 4.78 is 0. The third-order valence-corrected chi connectivity index (χ3v) is 3.18. The predicted molar refractivity (Wildman–Crippen MR) is 76.8 cm³/mol. The first-order valence-corrected chi connectivity index (χ1v) is 6.36. The fraction of sp³-hybridized carbons (Fsp3) is 0.467. The summed E-state index contributed by atoms with van der Waals surface area (Å²) in [5.41, 5.74) is 1.40. The van der Waals surface area contributed by atoms with E-state index in [1.54, 1.807) is 0 Å². The van der Waals surface area contributed by atoms with Gasteiger partial charge in [0.2, 0.25) is 0 Å². The standard InChI is InChI=1S/C15H21N.ClH/c1-3-9-15(10-4-1)11-5-8-14-16-12-6-2-7-13-16;/h1,3-5,8-10H,2,6-7,11-14H2;1H/b8-5+;. The molecule has 1 nitrogen and oxygen atoms in total. The molecule has 0 spiro atoms. The van der Waals surface area contributed by atoms with Gasteiger partial charge in [0, 0.05) is 6.54 Å². The minimum absolute atomic E-state index is 0. The van der Waals surface area contributed by atoms with E-state index in [0.717, 1.165) is 13.0 Å². The second-order valence-corrected chi connectivity index (χ2v) is 4.52. The molecule has 2 heteroatoms. The molecule has 0 aromatic heterocycles. The molecule has 1 saturated heterocycles. The first-order valence-electron chi connectivity index (χ1n) is 6.36. The number of nitrogens with zero attached hydrogens (tertiary/aromatic N) is 1. The van der Waals surface area contributed by atoms with Gasteiger partial charge in [-0.1, -0.05) is 48.9 Å². The van der Waals surface area contributed by atoms with Gasteiger partial charge in [-0.3, -0.25) is 4.90 Å². The highest BCUT2D eigenvalue weighted by atomic mass is 35.5. The molecule has 0 radical (unpaired) electrons. The van der Waals surface area contributed by atoms with Crippen molar-refractivity contribution in [1.29, 1.82) is 0 Å². The highest BCUT2D eigenvalue weighted by Crippen LogP contribution is 2.08. The van der Waals surface area contributed by atoms with Gasteiger partial charge in [0.25, 0.3) is 0 Å². The maximum Gasteiger partial charge on any atom is 0.0163 e. The van der Waals surface area contributed by atoms with Gasteiger partial charge in [-0.2, -0.15) is 0 Å². The van der Waals surface area contributed by atoms with E-state index >= 15 is 0 Å². The minimum atomic E-state index is 0. The molecular weight excluding hydrogens is 230 g/mol. The van der Waals surface area contributed by atoms with Crippen LogP contribution in [0.15, 0.2) is 42.5 Å². The van der Waals surface area contributed by atoms with Crippen molar-refractivity contribution in [2.75, 3.05) is 19.6 Å². The molecule has 0 atom stereocenters. The monoisotopic (exact) mass is 251 g/mol. The second-order valence-electron chi connectivity index (χ2n) is 4.52. The predicted octanol–water partition coefficient (Wildman–Crippen LogP) is 3.69. The average Bonchev–Trinajstić information content (AvgIpc) is 2.37. The topological polar surface area (TPSA) is 3.24 Å². The largest absolute Gasteiger partial charge is 0.300 e. The van der Waals surface area contributed by atoms with Crippen LogP contribution < -0.4 is 0 Å². The van der Waals surface area contributed by atoms with Crippen molar-refractivity contribution in [3.05, 3.63) is 48.0 Å². The molecule has 17 heavy (non-hydrogen) atoms. The Morgan fingerprint density at radius 2 is 1.65 bits per heavy atom. The van der Waals surface area contributed by atoms with Crippen LogP contribution in [0.2, 0.25) is 0 Å². The lowest BCUT2D eigenvalue weighted by Gasteiger charge is -2.24. The maximum absolute atomic E-state index is 2.55. The van der Waals surface area contributed by atoms with Crippen molar-refractivity contribution in [2.24, 2.45) is 0 Å². The fourth-order valence-corrected chi connectivity index (χ4v) is 2.20. The van der Waals surface area contributed by atoms with Gasteiger partial charge in [-0.05, 0) is 37.9 Å². The van der Waals surface area contributed by atoms with E-state index in [2.05, 4.69) is 47.4 Å². The van der Waals surface area contributed by atoms with Crippen molar-refractivity contribution >= 4 is 12.4 Å². The molecule has 0 bridgehead atoms. The summed E-state index contributed by atoms with van der Waals surface area (Å²) in [6.45, 7) is 3.71. The Balaban J connectivity index is 0.00000144. The summed E-state index contributed by atoms with van der Waals surface area (Å²) in [5.74, 6) is 0. The summed E-state index contributed by atoms with van der Waals surface area (Å²) in [6.07, 6.45) is 9.86. The van der Waals surface area contributed by atoms with Crippen LogP contribution >= 0.6 is 12.4 Å². The van der Waals surface area contributed by atoms with Crippen LogP contribution in [0.3, 0.4) is 0 Å². The van der Waals surface area contributed by atoms with Crippen molar-refractivity contribution in [2.45, 2.75) is 25.7 Å². The smallest absolute Gasteiger partial charge is 0.0163 e. The Hall–Kier alpha value is -0.790. The highest BCUT2D eigenvalue weighted by Gasteiger charge is 2.06. The van der Waals surface area contributed by atoms with Gasteiger partial charge in [-0.15, -0.1) is 12.4 Å². The van der Waals surface area contributed by atoms with Gasteiger partial charge in [0.1, 0.15) is 0 Å². The minimum Gasteiger partial charge on any atom is -0.300 e. The molecule has 2 rings (SSSR count). The Bertz CT molecular complexity index is 315. The Labute approximate surface area is 111 Å². The van der Waals surface area contributed by atoms with Gasteiger partial charge in [0.05, 0.1) is 0 Å². The molecule has 94 valence electrons. The molecular formula is C15H22ClN. The van der Waals surface area contributed by atoms with E-state index in [1.807, 2.05) is 0 Å². The number of rotatable bonds is 4. The van der Waals surface area contributed by atoms with Crippen LogP contribution in [-0.4, -0.2) is 24.5 Å². The van der Waals surface area contributed by atoms with Crippen LogP contribution in [0.1, 0.15) is 24.8 Å². The molecule has 1 heterocycles. The summed E-state index contributed by atoms with van der Waals surface area (Å²) in [5, 5.41) is 0. The highest BCUT2D eigenvalue weighted by molar-refractivity contribution is 5.85. The van der Waals surface area contributed by atoms with Crippen molar-refractivity contribution < 1.29 is 0 Å². The molecule has 1 aliphatic rings. The molecule has 0 amide bonds. The first kappa shape index (κ1) is 14.3. The number of benzene rings is 1. The quantitative estimate of drug-likeness (QED) is 0.738. The van der Waals surface area contributed by atoms with Crippen LogP contribution in [0, 0.1) is 0 Å². The number of likely N-dealkylation sites (tertiary alicyclic amines) is 1. The Morgan fingerprint density at radius 3 is 2.35 bits per heavy atom. The first-order chi connectivity index (χ1) is 7.95. The van der Waals surface area contributed by atoms with Crippen LogP contribution in [0.25, 0.3) is 0 Å². The summed E-state index contributed by atoms with van der Waals surface area (Å²) in [6, 6.07) is 10.7. The van der Waals surface area contributed by atoms with E-state index in [-0.39, 0.29) is 12.4 Å². The summed E-state index contributed by atoms with van der Waals surface area (Å²) in [7, 11) is 0. The Morgan fingerprint density at radius 1 is 0.941 bits per heavy atom. The molecule has 1 aromatic rings. The van der Waals surface area contributed by atoms with E-state index in [9.17, 15) is 0 Å². The second kappa shape index (κ2) is 8.32.